The Morgan fingerprint density at radius 3 is 2.76 bits per heavy atom. The second-order valence-corrected chi connectivity index (χ2v) is 3.69. The summed E-state index contributed by atoms with van der Waals surface area (Å²) < 4.78 is 0. The predicted molar refractivity (Wildman–Crippen MR) is 64.3 cm³/mol. The molecule has 0 aliphatic heterocycles. The molecule has 0 unspecified atom stereocenters. The van der Waals surface area contributed by atoms with E-state index in [1.165, 1.54) is 0 Å². The highest BCUT2D eigenvalue weighted by molar-refractivity contribution is 5.79. The maximum absolute atomic E-state index is 11.9. The molecule has 4 heteroatoms. The third-order valence-corrected chi connectivity index (χ3v) is 2.56. The number of carbonyl (C=O) groups is 1. The zero-order valence-electron chi connectivity index (χ0n) is 9.89. The molecule has 0 spiro atoms. The summed E-state index contributed by atoms with van der Waals surface area (Å²) in [4.78, 5) is 13.5. The van der Waals surface area contributed by atoms with Crippen LogP contribution in [-0.4, -0.2) is 29.0 Å². The minimum absolute atomic E-state index is 0.0655. The van der Waals surface area contributed by atoms with Crippen molar-refractivity contribution in [3.63, 3.8) is 0 Å². The second kappa shape index (κ2) is 6.54. The lowest BCUT2D eigenvalue weighted by Gasteiger charge is -2.19. The molecule has 0 atom stereocenters. The van der Waals surface area contributed by atoms with Crippen LogP contribution in [0.15, 0.2) is 24.3 Å². The number of hydrogen-bond acceptors (Lipinski definition) is 3. The third kappa shape index (κ3) is 3.80. The van der Waals surface area contributed by atoms with Crippen LogP contribution >= 0.6 is 0 Å². The van der Waals surface area contributed by atoms with Crippen molar-refractivity contribution in [1.29, 1.82) is 5.26 Å². The van der Waals surface area contributed by atoms with Gasteiger partial charge >= 0.3 is 0 Å². The number of nitriles is 1. The normalized spacial score (nSPS) is 9.65. The fourth-order valence-corrected chi connectivity index (χ4v) is 1.58. The molecule has 0 radical (unpaired) electrons. The zero-order valence-corrected chi connectivity index (χ0v) is 9.89. The van der Waals surface area contributed by atoms with Gasteiger partial charge in [-0.2, -0.15) is 5.26 Å². The summed E-state index contributed by atoms with van der Waals surface area (Å²) >= 11 is 0. The molecule has 0 aromatic heterocycles. The van der Waals surface area contributed by atoms with Crippen molar-refractivity contribution in [2.24, 2.45) is 0 Å². The quantitative estimate of drug-likeness (QED) is 0.840. The number of aromatic hydroxyl groups is 1. The smallest absolute Gasteiger partial charge is 0.227 e. The van der Waals surface area contributed by atoms with Gasteiger partial charge in [0.25, 0.3) is 0 Å². The molecule has 0 aliphatic rings. The van der Waals surface area contributed by atoms with Crippen LogP contribution < -0.4 is 0 Å². The summed E-state index contributed by atoms with van der Waals surface area (Å²) in [5.41, 5.74) is 0.618. The number of rotatable bonds is 5. The van der Waals surface area contributed by atoms with Crippen molar-refractivity contribution in [3.8, 4) is 11.8 Å². The maximum Gasteiger partial charge on any atom is 0.227 e. The Kier molecular flexibility index (Phi) is 5.02. The van der Waals surface area contributed by atoms with E-state index in [-0.39, 0.29) is 18.1 Å². The van der Waals surface area contributed by atoms with Crippen LogP contribution in [0, 0.1) is 11.3 Å². The first-order chi connectivity index (χ1) is 8.19. The maximum atomic E-state index is 11.9. The molecule has 1 rings (SSSR count). The fourth-order valence-electron chi connectivity index (χ4n) is 1.58. The van der Waals surface area contributed by atoms with Crippen LogP contribution in [0.3, 0.4) is 0 Å². The van der Waals surface area contributed by atoms with Crippen LogP contribution in [0.5, 0.6) is 5.75 Å². The Bertz CT molecular complexity index is 424. The number of benzene rings is 1. The van der Waals surface area contributed by atoms with Gasteiger partial charge in [0.05, 0.1) is 18.9 Å². The molecule has 1 amide bonds. The first-order valence-electron chi connectivity index (χ1n) is 5.60. The minimum Gasteiger partial charge on any atom is -0.508 e. The van der Waals surface area contributed by atoms with Crippen LogP contribution in [0.25, 0.3) is 0 Å². The van der Waals surface area contributed by atoms with E-state index in [1.807, 2.05) is 13.0 Å². The molecule has 1 aromatic carbocycles. The number of phenols is 1. The number of likely N-dealkylation sites (N-methyl/N-ethyl adjacent to an activating group) is 1. The van der Waals surface area contributed by atoms with Crippen molar-refractivity contribution < 1.29 is 9.90 Å². The summed E-state index contributed by atoms with van der Waals surface area (Å²) in [6.45, 7) is 2.90. The largest absolute Gasteiger partial charge is 0.508 e. The SMILES string of the molecule is CCN(CCC#N)C(=O)Cc1ccccc1O. The Hall–Kier alpha value is -2.02. The molecule has 1 N–H and O–H groups in total. The Balaban J connectivity index is 2.65. The number of para-hydroxylation sites is 1. The highest BCUT2D eigenvalue weighted by Crippen LogP contribution is 2.16. The van der Waals surface area contributed by atoms with Crippen LogP contribution in [-0.2, 0) is 11.2 Å². The van der Waals surface area contributed by atoms with Crippen molar-refractivity contribution in [1.82, 2.24) is 4.90 Å². The van der Waals surface area contributed by atoms with Crippen molar-refractivity contribution in [3.05, 3.63) is 29.8 Å². The van der Waals surface area contributed by atoms with E-state index in [2.05, 4.69) is 0 Å². The standard InChI is InChI=1S/C13H16N2O2/c1-2-15(9-5-8-14)13(17)10-11-6-3-4-7-12(11)16/h3-4,6-7,16H,2,5,9-10H2,1H3. The Morgan fingerprint density at radius 1 is 1.47 bits per heavy atom. The third-order valence-electron chi connectivity index (χ3n) is 2.56. The second-order valence-electron chi connectivity index (χ2n) is 3.69. The zero-order chi connectivity index (χ0) is 12.7. The van der Waals surface area contributed by atoms with E-state index in [0.717, 1.165) is 0 Å². The lowest BCUT2D eigenvalue weighted by molar-refractivity contribution is -0.130. The van der Waals surface area contributed by atoms with Gasteiger partial charge in [-0.05, 0) is 13.0 Å². The van der Waals surface area contributed by atoms with E-state index in [4.69, 9.17) is 5.26 Å². The first kappa shape index (κ1) is 13.0. The number of phenolic OH excluding ortho intramolecular Hbond substituents is 1. The molecule has 4 nitrogen and oxygen atoms in total. The molecular weight excluding hydrogens is 216 g/mol. The Labute approximate surface area is 101 Å². The van der Waals surface area contributed by atoms with Crippen molar-refractivity contribution in [2.75, 3.05) is 13.1 Å². The van der Waals surface area contributed by atoms with Crippen molar-refractivity contribution >= 4 is 5.91 Å². The molecule has 0 bridgehead atoms. The van der Waals surface area contributed by atoms with Gasteiger partial charge in [0.15, 0.2) is 0 Å². The molecular formula is C13H16N2O2. The average Bonchev–Trinajstić information content (AvgIpc) is 2.33. The van der Waals surface area contributed by atoms with Crippen LogP contribution in [0.2, 0.25) is 0 Å². The topological polar surface area (TPSA) is 64.3 Å². The van der Waals surface area contributed by atoms with E-state index in [9.17, 15) is 9.90 Å². The van der Waals surface area contributed by atoms with Crippen molar-refractivity contribution in [2.45, 2.75) is 19.8 Å². The molecule has 0 fully saturated rings. The summed E-state index contributed by atoms with van der Waals surface area (Å²) in [6, 6.07) is 8.81. The lowest BCUT2D eigenvalue weighted by atomic mass is 10.1. The number of hydrogen-bond donors (Lipinski definition) is 1. The molecule has 0 aliphatic carbocycles. The van der Waals surface area contributed by atoms with Gasteiger partial charge in [0.2, 0.25) is 5.91 Å². The van der Waals surface area contributed by atoms with E-state index < -0.39 is 0 Å². The van der Waals surface area contributed by atoms with Gasteiger partial charge < -0.3 is 10.0 Å². The number of carbonyl (C=O) groups excluding carboxylic acids is 1. The molecule has 0 saturated heterocycles. The van der Waals surface area contributed by atoms with Gasteiger partial charge in [0.1, 0.15) is 5.75 Å². The molecule has 0 saturated carbocycles. The predicted octanol–water partition coefficient (Wildman–Crippen LogP) is 1.70. The monoisotopic (exact) mass is 232 g/mol. The van der Waals surface area contributed by atoms with Gasteiger partial charge in [-0.3, -0.25) is 4.79 Å². The fraction of sp³-hybridized carbons (Fsp3) is 0.385. The van der Waals surface area contributed by atoms with Gasteiger partial charge in [-0.25, -0.2) is 0 Å². The van der Waals surface area contributed by atoms with Gasteiger partial charge in [-0.1, -0.05) is 18.2 Å². The van der Waals surface area contributed by atoms with Gasteiger partial charge in [0, 0.05) is 18.7 Å². The highest BCUT2D eigenvalue weighted by atomic mass is 16.3. The van der Waals surface area contributed by atoms with E-state index in [1.54, 1.807) is 29.2 Å². The summed E-state index contributed by atoms with van der Waals surface area (Å²) in [6.07, 6.45) is 0.506. The summed E-state index contributed by atoms with van der Waals surface area (Å²) in [5, 5.41) is 18.1. The van der Waals surface area contributed by atoms with E-state index >= 15 is 0 Å². The molecule has 0 heterocycles. The number of amides is 1. The number of nitrogens with zero attached hydrogens (tertiary/aromatic N) is 2. The Morgan fingerprint density at radius 2 is 2.18 bits per heavy atom. The summed E-state index contributed by atoms with van der Waals surface area (Å²) in [7, 11) is 0. The highest BCUT2D eigenvalue weighted by Gasteiger charge is 2.13. The minimum atomic E-state index is -0.0655. The average molecular weight is 232 g/mol. The van der Waals surface area contributed by atoms with Gasteiger partial charge in [-0.15, -0.1) is 0 Å². The molecule has 1 aromatic rings. The molecule has 17 heavy (non-hydrogen) atoms. The summed E-state index contributed by atoms with van der Waals surface area (Å²) in [5.74, 6) is 0.0708. The lowest BCUT2D eigenvalue weighted by Crippen LogP contribution is -2.32. The van der Waals surface area contributed by atoms with Crippen LogP contribution in [0.1, 0.15) is 18.9 Å². The molecule has 90 valence electrons. The van der Waals surface area contributed by atoms with Crippen LogP contribution in [0.4, 0.5) is 0 Å². The first-order valence-corrected chi connectivity index (χ1v) is 5.60. The van der Waals surface area contributed by atoms with E-state index in [0.29, 0.717) is 25.1 Å².